The van der Waals surface area contributed by atoms with Crippen LogP contribution in [-0.2, 0) is 14.8 Å². The van der Waals surface area contributed by atoms with E-state index in [0.29, 0.717) is 23.7 Å². The molecule has 0 saturated heterocycles. The van der Waals surface area contributed by atoms with E-state index in [9.17, 15) is 13.2 Å². The number of sulfonamides is 1. The first-order chi connectivity index (χ1) is 12.5. The summed E-state index contributed by atoms with van der Waals surface area (Å²) in [6, 6.07) is 4.87. The van der Waals surface area contributed by atoms with Crippen LogP contribution in [0.5, 0.6) is 11.5 Å². The van der Waals surface area contributed by atoms with Crippen molar-refractivity contribution < 1.29 is 22.7 Å². The number of nitrogens with zero attached hydrogens (tertiary/aromatic N) is 1. The largest absolute Gasteiger partial charge is 0.454 e. The van der Waals surface area contributed by atoms with E-state index in [1.165, 1.54) is 12.0 Å². The molecule has 1 heterocycles. The van der Waals surface area contributed by atoms with Crippen LogP contribution in [-0.4, -0.2) is 40.0 Å². The van der Waals surface area contributed by atoms with Crippen LogP contribution in [0.2, 0.25) is 0 Å². The molecule has 1 N–H and O–H groups in total. The van der Waals surface area contributed by atoms with E-state index in [-0.39, 0.29) is 25.0 Å². The molecular formula is C18H24N2O5S. The summed E-state index contributed by atoms with van der Waals surface area (Å²) in [5.74, 6) is 0.619. The number of fused-ring (bicyclic) bond motifs is 1. The van der Waals surface area contributed by atoms with E-state index in [1.54, 1.807) is 25.1 Å². The molecule has 0 unspecified atom stereocenters. The third-order valence-electron chi connectivity index (χ3n) is 4.53. The van der Waals surface area contributed by atoms with E-state index in [2.05, 4.69) is 11.4 Å². The first-order valence-electron chi connectivity index (χ1n) is 8.84. The minimum atomic E-state index is -3.61. The lowest BCUT2D eigenvalue weighted by atomic mass is 10.00. The molecule has 8 heteroatoms. The summed E-state index contributed by atoms with van der Waals surface area (Å²) in [7, 11) is -3.61. The maximum absolute atomic E-state index is 12.5. The number of benzene rings is 1. The summed E-state index contributed by atoms with van der Waals surface area (Å²) < 4.78 is 36.7. The quantitative estimate of drug-likeness (QED) is 0.733. The van der Waals surface area contributed by atoms with Crippen LogP contribution in [0.25, 0.3) is 0 Å². The Bertz CT molecular complexity index is 804. The van der Waals surface area contributed by atoms with E-state index in [4.69, 9.17) is 9.47 Å². The number of ether oxygens (including phenoxy) is 2. The summed E-state index contributed by atoms with van der Waals surface area (Å²) >= 11 is 0. The summed E-state index contributed by atoms with van der Waals surface area (Å²) in [5, 5.41) is 2.83. The van der Waals surface area contributed by atoms with Gasteiger partial charge < -0.3 is 14.8 Å². The first kappa shape index (κ1) is 18.6. The Morgan fingerprint density at radius 3 is 2.77 bits per heavy atom. The van der Waals surface area contributed by atoms with Crippen LogP contribution in [0.1, 0.15) is 32.6 Å². The summed E-state index contributed by atoms with van der Waals surface area (Å²) in [4.78, 5) is 12.4. The number of amides is 1. The number of carbonyl (C=O) groups excluding carboxylic acids is 1. The van der Waals surface area contributed by atoms with Crippen molar-refractivity contribution in [1.29, 1.82) is 0 Å². The highest BCUT2D eigenvalue weighted by Gasteiger charge is 2.25. The summed E-state index contributed by atoms with van der Waals surface area (Å²) in [5.41, 5.74) is 1.60. The summed E-state index contributed by atoms with van der Waals surface area (Å²) in [6.45, 7) is 1.87. The van der Waals surface area contributed by atoms with Gasteiger partial charge in [0.05, 0.1) is 11.4 Å². The molecule has 1 amide bonds. The van der Waals surface area contributed by atoms with Crippen LogP contribution in [0.15, 0.2) is 29.8 Å². The van der Waals surface area contributed by atoms with Gasteiger partial charge in [0, 0.05) is 12.6 Å². The molecule has 26 heavy (non-hydrogen) atoms. The number of carbonyl (C=O) groups is 1. The zero-order valence-electron chi connectivity index (χ0n) is 14.9. The van der Waals surface area contributed by atoms with Gasteiger partial charge in [-0.3, -0.25) is 9.10 Å². The van der Waals surface area contributed by atoms with Gasteiger partial charge in [0.25, 0.3) is 0 Å². The first-order valence-corrected chi connectivity index (χ1v) is 10.4. The number of hydrogen-bond donors (Lipinski definition) is 1. The third kappa shape index (κ3) is 4.30. The average molecular weight is 380 g/mol. The van der Waals surface area contributed by atoms with Crippen LogP contribution in [0.4, 0.5) is 5.69 Å². The van der Waals surface area contributed by atoms with Gasteiger partial charge in [0.2, 0.25) is 22.7 Å². The second-order valence-corrected chi connectivity index (χ2v) is 8.51. The predicted molar refractivity (Wildman–Crippen MR) is 98.9 cm³/mol. The maximum Gasteiger partial charge on any atom is 0.241 e. The topological polar surface area (TPSA) is 84.9 Å². The van der Waals surface area contributed by atoms with E-state index >= 15 is 0 Å². The van der Waals surface area contributed by atoms with E-state index in [1.807, 2.05) is 0 Å². The number of anilines is 1. The molecule has 1 aromatic rings. The van der Waals surface area contributed by atoms with Crippen LogP contribution in [0.3, 0.4) is 0 Å². The SMILES string of the molecule is CCS(=O)(=O)N(CC(=O)NCC1=CCCCC1)c1ccc2c(c1)OCO2. The van der Waals surface area contributed by atoms with Crippen molar-refractivity contribution in [2.24, 2.45) is 0 Å². The fourth-order valence-electron chi connectivity index (χ4n) is 3.01. The maximum atomic E-state index is 12.5. The van der Waals surface area contributed by atoms with Crippen LogP contribution < -0.4 is 19.1 Å². The molecule has 0 aromatic heterocycles. The molecule has 1 aliphatic carbocycles. The Morgan fingerprint density at radius 2 is 2.04 bits per heavy atom. The molecule has 0 bridgehead atoms. The molecule has 7 nitrogen and oxygen atoms in total. The van der Waals surface area contributed by atoms with Gasteiger partial charge in [0.15, 0.2) is 11.5 Å². The van der Waals surface area contributed by atoms with Crippen molar-refractivity contribution in [1.82, 2.24) is 5.32 Å². The molecule has 0 spiro atoms. The van der Waals surface area contributed by atoms with Gasteiger partial charge in [-0.25, -0.2) is 8.42 Å². The van der Waals surface area contributed by atoms with Crippen molar-refractivity contribution in [3.63, 3.8) is 0 Å². The molecule has 3 rings (SSSR count). The van der Waals surface area contributed by atoms with Crippen molar-refractivity contribution in [2.45, 2.75) is 32.6 Å². The van der Waals surface area contributed by atoms with Gasteiger partial charge in [-0.15, -0.1) is 0 Å². The molecule has 1 aromatic carbocycles. The molecule has 2 aliphatic rings. The lowest BCUT2D eigenvalue weighted by Gasteiger charge is -2.24. The standard InChI is InChI=1S/C18H24N2O5S/c1-2-26(22,23)20(15-8-9-16-17(10-15)25-13-24-16)12-18(21)19-11-14-6-4-3-5-7-14/h6,8-10H,2-5,7,11-13H2,1H3,(H,19,21). The van der Waals surface area contributed by atoms with Crippen LogP contribution >= 0.6 is 0 Å². The predicted octanol–water partition coefficient (Wildman–Crippen LogP) is 2.19. The number of hydrogen-bond acceptors (Lipinski definition) is 5. The second kappa shape index (κ2) is 7.99. The Morgan fingerprint density at radius 1 is 1.23 bits per heavy atom. The lowest BCUT2D eigenvalue weighted by Crippen LogP contribution is -2.42. The van der Waals surface area contributed by atoms with Gasteiger partial charge in [0.1, 0.15) is 6.54 Å². The fourth-order valence-corrected chi connectivity index (χ4v) is 4.07. The highest BCUT2D eigenvalue weighted by Crippen LogP contribution is 2.36. The van der Waals surface area contributed by atoms with Gasteiger partial charge in [-0.1, -0.05) is 11.6 Å². The molecule has 0 fully saturated rings. The van der Waals surface area contributed by atoms with Gasteiger partial charge in [-0.05, 0) is 44.7 Å². The highest BCUT2D eigenvalue weighted by atomic mass is 32.2. The average Bonchev–Trinajstić information content (AvgIpc) is 3.13. The Labute approximate surface area is 154 Å². The minimum absolute atomic E-state index is 0.0973. The monoisotopic (exact) mass is 380 g/mol. The zero-order valence-corrected chi connectivity index (χ0v) is 15.7. The molecular weight excluding hydrogens is 356 g/mol. The van der Waals surface area contributed by atoms with Crippen molar-refractivity contribution in [3.8, 4) is 11.5 Å². The Hall–Kier alpha value is -2.22. The Kier molecular flexibility index (Phi) is 5.70. The molecule has 1 aliphatic heterocycles. The van der Waals surface area contributed by atoms with E-state index in [0.717, 1.165) is 23.6 Å². The lowest BCUT2D eigenvalue weighted by molar-refractivity contribution is -0.119. The second-order valence-electron chi connectivity index (χ2n) is 6.33. The normalized spacial score (nSPS) is 16.1. The summed E-state index contributed by atoms with van der Waals surface area (Å²) in [6.07, 6.45) is 6.50. The number of nitrogens with one attached hydrogen (secondary N) is 1. The minimum Gasteiger partial charge on any atom is -0.454 e. The smallest absolute Gasteiger partial charge is 0.241 e. The fraction of sp³-hybridized carbons (Fsp3) is 0.500. The number of allylic oxidation sites excluding steroid dienone is 1. The third-order valence-corrected chi connectivity index (χ3v) is 6.27. The van der Waals surface area contributed by atoms with Gasteiger partial charge in [-0.2, -0.15) is 0 Å². The van der Waals surface area contributed by atoms with Crippen molar-refractivity contribution in [3.05, 3.63) is 29.8 Å². The van der Waals surface area contributed by atoms with Crippen LogP contribution in [0, 0.1) is 0 Å². The number of rotatable bonds is 7. The highest BCUT2D eigenvalue weighted by molar-refractivity contribution is 7.92. The Balaban J connectivity index is 1.72. The zero-order chi connectivity index (χ0) is 18.6. The molecule has 142 valence electrons. The van der Waals surface area contributed by atoms with Gasteiger partial charge >= 0.3 is 0 Å². The molecule has 0 radical (unpaired) electrons. The molecule has 0 saturated carbocycles. The van der Waals surface area contributed by atoms with Crippen molar-refractivity contribution >= 4 is 21.6 Å². The molecule has 0 atom stereocenters. The van der Waals surface area contributed by atoms with Crippen molar-refractivity contribution in [2.75, 3.05) is 29.9 Å². The van der Waals surface area contributed by atoms with E-state index < -0.39 is 10.0 Å².